The van der Waals surface area contributed by atoms with Gasteiger partial charge in [-0.1, -0.05) is 0 Å². The molecule has 0 unspecified atom stereocenters. The van der Waals surface area contributed by atoms with E-state index in [-0.39, 0.29) is 0 Å². The first-order valence-electron chi connectivity index (χ1n) is 3.10. The van der Waals surface area contributed by atoms with E-state index in [9.17, 15) is 4.79 Å². The zero-order valence-electron chi connectivity index (χ0n) is 6.07. The number of aliphatic carboxylic acids is 1. The predicted molar refractivity (Wildman–Crippen MR) is 37.9 cm³/mol. The normalized spacial score (nSPS) is 15.8. The van der Waals surface area contributed by atoms with Crippen molar-refractivity contribution in [1.82, 2.24) is 0 Å². The largest absolute Gasteiger partial charge is 0.480 e. The molecule has 1 heterocycles. The molecule has 0 saturated heterocycles. The average Bonchev–Trinajstić information content (AvgIpc) is 2.37. The molecule has 0 aliphatic heterocycles. The molecule has 60 valence electrons. The topological polar surface area (TPSA) is 76.5 Å². The number of furan rings is 1. The average molecular weight is 155 g/mol. The van der Waals surface area contributed by atoms with E-state index in [1.165, 1.54) is 25.5 Å². The summed E-state index contributed by atoms with van der Waals surface area (Å²) in [6, 6.07) is 1.54. The Morgan fingerprint density at radius 3 is 2.82 bits per heavy atom. The Morgan fingerprint density at radius 2 is 2.45 bits per heavy atom. The van der Waals surface area contributed by atoms with Gasteiger partial charge >= 0.3 is 5.97 Å². The first-order valence-corrected chi connectivity index (χ1v) is 3.10. The van der Waals surface area contributed by atoms with Gasteiger partial charge < -0.3 is 15.3 Å². The highest BCUT2D eigenvalue weighted by Gasteiger charge is 2.30. The summed E-state index contributed by atoms with van der Waals surface area (Å²) in [5.41, 5.74) is 4.57. The number of carboxylic acids is 1. The fraction of sp³-hybridized carbons (Fsp3) is 0.286. The van der Waals surface area contributed by atoms with Gasteiger partial charge in [0.25, 0.3) is 0 Å². The second kappa shape index (κ2) is 2.39. The van der Waals surface area contributed by atoms with E-state index in [2.05, 4.69) is 0 Å². The van der Waals surface area contributed by atoms with Crippen molar-refractivity contribution < 1.29 is 14.3 Å². The lowest BCUT2D eigenvalue weighted by Crippen LogP contribution is -2.41. The van der Waals surface area contributed by atoms with Crippen LogP contribution in [0.3, 0.4) is 0 Å². The lowest BCUT2D eigenvalue weighted by Gasteiger charge is -2.16. The molecular weight excluding hydrogens is 146 g/mol. The molecule has 0 radical (unpaired) electrons. The van der Waals surface area contributed by atoms with Gasteiger partial charge in [-0.2, -0.15) is 0 Å². The fourth-order valence-corrected chi connectivity index (χ4v) is 0.683. The maximum atomic E-state index is 10.6. The fourth-order valence-electron chi connectivity index (χ4n) is 0.683. The molecule has 0 aliphatic rings. The highest BCUT2D eigenvalue weighted by Crippen LogP contribution is 2.17. The van der Waals surface area contributed by atoms with E-state index < -0.39 is 11.5 Å². The van der Waals surface area contributed by atoms with Gasteiger partial charge in [-0.05, 0) is 13.0 Å². The van der Waals surface area contributed by atoms with Crippen molar-refractivity contribution in [3.63, 3.8) is 0 Å². The number of hydrogen-bond acceptors (Lipinski definition) is 3. The van der Waals surface area contributed by atoms with Crippen molar-refractivity contribution in [3.05, 3.63) is 24.2 Å². The first-order chi connectivity index (χ1) is 5.05. The molecule has 0 aliphatic carbocycles. The minimum Gasteiger partial charge on any atom is -0.480 e. The van der Waals surface area contributed by atoms with Gasteiger partial charge in [0.2, 0.25) is 0 Å². The quantitative estimate of drug-likeness (QED) is 0.653. The Bertz CT molecular complexity index is 251. The number of nitrogens with two attached hydrogens (primary N) is 1. The standard InChI is InChI=1S/C7H9NO3/c1-7(8,6(9)10)5-2-3-11-4-5/h2-4H,8H2,1H3,(H,9,10)/t7-/m0/s1. The van der Waals surface area contributed by atoms with Crippen molar-refractivity contribution in [1.29, 1.82) is 0 Å². The van der Waals surface area contributed by atoms with Crippen LogP contribution < -0.4 is 5.73 Å². The molecule has 3 N–H and O–H groups in total. The Morgan fingerprint density at radius 1 is 1.82 bits per heavy atom. The molecule has 0 spiro atoms. The zero-order valence-corrected chi connectivity index (χ0v) is 6.07. The Kier molecular flexibility index (Phi) is 1.70. The number of carboxylic acid groups (broad SMARTS) is 1. The molecule has 0 bridgehead atoms. The van der Waals surface area contributed by atoms with Crippen molar-refractivity contribution in [3.8, 4) is 0 Å². The molecule has 0 amide bonds. The monoisotopic (exact) mass is 155 g/mol. The van der Waals surface area contributed by atoms with E-state index in [0.717, 1.165) is 0 Å². The molecule has 0 aromatic carbocycles. The van der Waals surface area contributed by atoms with Gasteiger partial charge in [-0.15, -0.1) is 0 Å². The lowest BCUT2D eigenvalue weighted by atomic mass is 9.97. The van der Waals surface area contributed by atoms with E-state index in [1.54, 1.807) is 0 Å². The van der Waals surface area contributed by atoms with Gasteiger partial charge in [-0.25, -0.2) is 4.79 Å². The number of carbonyl (C=O) groups is 1. The smallest absolute Gasteiger partial charge is 0.328 e. The molecule has 1 rings (SSSR count). The van der Waals surface area contributed by atoms with Crippen molar-refractivity contribution >= 4 is 5.97 Å². The van der Waals surface area contributed by atoms with Crippen LogP contribution >= 0.6 is 0 Å². The summed E-state index contributed by atoms with van der Waals surface area (Å²) in [4.78, 5) is 10.6. The highest BCUT2D eigenvalue weighted by molar-refractivity contribution is 5.79. The molecule has 4 heteroatoms. The van der Waals surface area contributed by atoms with Crippen molar-refractivity contribution in [2.45, 2.75) is 12.5 Å². The van der Waals surface area contributed by atoms with Crippen molar-refractivity contribution in [2.24, 2.45) is 5.73 Å². The van der Waals surface area contributed by atoms with Gasteiger partial charge in [0.1, 0.15) is 5.54 Å². The van der Waals surface area contributed by atoms with Crippen LogP contribution in [0.15, 0.2) is 23.0 Å². The van der Waals surface area contributed by atoms with Crippen LogP contribution in [0.25, 0.3) is 0 Å². The van der Waals surface area contributed by atoms with Crippen LogP contribution in [-0.4, -0.2) is 11.1 Å². The van der Waals surface area contributed by atoms with Gasteiger partial charge in [0.15, 0.2) is 0 Å². The molecule has 0 fully saturated rings. The summed E-state index contributed by atoms with van der Waals surface area (Å²) in [7, 11) is 0. The molecule has 1 aromatic heterocycles. The molecular formula is C7H9NO3. The molecule has 4 nitrogen and oxygen atoms in total. The first kappa shape index (κ1) is 7.81. The maximum absolute atomic E-state index is 10.6. The molecule has 1 atom stereocenters. The van der Waals surface area contributed by atoms with Crippen LogP contribution in [0.2, 0.25) is 0 Å². The summed E-state index contributed by atoms with van der Waals surface area (Å²) in [5.74, 6) is -1.07. The van der Waals surface area contributed by atoms with Gasteiger partial charge in [0, 0.05) is 5.56 Å². The maximum Gasteiger partial charge on any atom is 0.328 e. The minimum absolute atomic E-state index is 0.463. The minimum atomic E-state index is -1.35. The number of rotatable bonds is 2. The number of hydrogen-bond donors (Lipinski definition) is 2. The predicted octanol–water partition coefficient (Wildman–Crippen LogP) is 0.538. The van der Waals surface area contributed by atoms with E-state index in [1.807, 2.05) is 0 Å². The molecule has 11 heavy (non-hydrogen) atoms. The lowest BCUT2D eigenvalue weighted by molar-refractivity contribution is -0.143. The van der Waals surface area contributed by atoms with Crippen LogP contribution in [0.5, 0.6) is 0 Å². The Balaban J connectivity index is 3.00. The molecule has 0 saturated carbocycles. The van der Waals surface area contributed by atoms with E-state index in [4.69, 9.17) is 15.3 Å². The van der Waals surface area contributed by atoms with Crippen LogP contribution in [0, 0.1) is 0 Å². The SMILES string of the molecule is C[C@@](N)(C(=O)O)c1ccoc1. The van der Waals surface area contributed by atoms with Crippen LogP contribution in [0.4, 0.5) is 0 Å². The van der Waals surface area contributed by atoms with Crippen LogP contribution in [0.1, 0.15) is 12.5 Å². The highest BCUT2D eigenvalue weighted by atomic mass is 16.4. The third kappa shape index (κ3) is 1.25. The van der Waals surface area contributed by atoms with Crippen molar-refractivity contribution in [2.75, 3.05) is 0 Å². The zero-order chi connectivity index (χ0) is 8.48. The summed E-state index contributed by atoms with van der Waals surface area (Å²) in [5, 5.41) is 8.65. The summed E-state index contributed by atoms with van der Waals surface area (Å²) in [6.45, 7) is 1.42. The third-order valence-corrected chi connectivity index (χ3v) is 1.57. The third-order valence-electron chi connectivity index (χ3n) is 1.57. The molecule has 1 aromatic rings. The van der Waals surface area contributed by atoms with Gasteiger partial charge in [0.05, 0.1) is 12.5 Å². The van der Waals surface area contributed by atoms with Gasteiger partial charge in [-0.3, -0.25) is 0 Å². The van der Waals surface area contributed by atoms with E-state index in [0.29, 0.717) is 5.56 Å². The second-order valence-electron chi connectivity index (χ2n) is 2.52. The Labute approximate surface area is 63.6 Å². The summed E-state index contributed by atoms with van der Waals surface area (Å²) >= 11 is 0. The van der Waals surface area contributed by atoms with Crippen LogP contribution in [-0.2, 0) is 10.3 Å². The Hall–Kier alpha value is -1.29. The summed E-state index contributed by atoms with van der Waals surface area (Å²) in [6.07, 6.45) is 2.72. The van der Waals surface area contributed by atoms with E-state index >= 15 is 0 Å². The summed E-state index contributed by atoms with van der Waals surface area (Å²) < 4.78 is 4.71. The second-order valence-corrected chi connectivity index (χ2v) is 2.52.